The zero-order chi connectivity index (χ0) is 18.0. The summed E-state index contributed by atoms with van der Waals surface area (Å²) < 4.78 is 6.41. The van der Waals surface area contributed by atoms with Crippen molar-refractivity contribution >= 4 is 51.2 Å². The number of imide groups is 1. The number of amides is 3. The predicted molar refractivity (Wildman–Crippen MR) is 101 cm³/mol. The van der Waals surface area contributed by atoms with Crippen LogP contribution in [0.5, 0.6) is 5.75 Å². The molecular weight excluding hydrogens is 408 g/mol. The molecule has 2 aromatic carbocycles. The van der Waals surface area contributed by atoms with Crippen LogP contribution in [0.1, 0.15) is 12.5 Å². The Morgan fingerprint density at radius 1 is 1.20 bits per heavy atom. The number of carbonyl (C=O) groups is 2. The SMILES string of the molecule is CCOc1ccc(Br)cc1/C=C1/NC(=O)N(c2ccc(Cl)cc2)C1=O. The van der Waals surface area contributed by atoms with Gasteiger partial charge in [-0.3, -0.25) is 4.79 Å². The van der Waals surface area contributed by atoms with Crippen molar-refractivity contribution in [2.75, 3.05) is 11.5 Å². The standard InChI is InChI=1S/C18H14BrClN2O3/c1-2-25-16-8-3-12(19)9-11(16)10-15-17(23)22(18(24)21-15)14-6-4-13(20)5-7-14/h3-10H,2H2,1H3,(H,21,24)/b15-10+. The quantitative estimate of drug-likeness (QED) is 0.580. The number of halogens is 2. The molecule has 0 aliphatic carbocycles. The second kappa shape index (κ2) is 7.29. The van der Waals surface area contributed by atoms with Crippen molar-refractivity contribution in [3.63, 3.8) is 0 Å². The third kappa shape index (κ3) is 3.70. The monoisotopic (exact) mass is 420 g/mol. The third-order valence-corrected chi connectivity index (χ3v) is 4.28. The lowest BCUT2D eigenvalue weighted by molar-refractivity contribution is -0.113. The van der Waals surface area contributed by atoms with Gasteiger partial charge in [-0.2, -0.15) is 0 Å². The minimum atomic E-state index is -0.508. The van der Waals surface area contributed by atoms with Crippen LogP contribution in [0, 0.1) is 0 Å². The molecule has 3 rings (SSSR count). The maximum absolute atomic E-state index is 12.6. The Hall–Kier alpha value is -2.31. The summed E-state index contributed by atoms with van der Waals surface area (Å²) in [5, 5.41) is 3.13. The van der Waals surface area contributed by atoms with Crippen molar-refractivity contribution in [1.29, 1.82) is 0 Å². The number of urea groups is 1. The number of benzene rings is 2. The molecule has 1 N–H and O–H groups in total. The van der Waals surface area contributed by atoms with E-state index in [-0.39, 0.29) is 5.70 Å². The zero-order valence-electron chi connectivity index (χ0n) is 13.3. The topological polar surface area (TPSA) is 58.6 Å². The highest BCUT2D eigenvalue weighted by Crippen LogP contribution is 2.28. The largest absolute Gasteiger partial charge is 0.493 e. The maximum atomic E-state index is 12.6. The fourth-order valence-corrected chi connectivity index (χ4v) is 2.94. The molecule has 3 amide bonds. The summed E-state index contributed by atoms with van der Waals surface area (Å²) in [6.07, 6.45) is 1.60. The third-order valence-electron chi connectivity index (χ3n) is 3.53. The Balaban J connectivity index is 1.96. The van der Waals surface area contributed by atoms with Crippen LogP contribution in [0.25, 0.3) is 6.08 Å². The van der Waals surface area contributed by atoms with Crippen molar-refractivity contribution in [3.8, 4) is 5.75 Å². The van der Waals surface area contributed by atoms with E-state index >= 15 is 0 Å². The molecule has 0 bridgehead atoms. The van der Waals surface area contributed by atoms with E-state index in [1.165, 1.54) is 0 Å². The molecule has 1 saturated heterocycles. The molecule has 0 atom stereocenters. The molecule has 1 fully saturated rings. The van der Waals surface area contributed by atoms with Crippen LogP contribution < -0.4 is 15.0 Å². The minimum Gasteiger partial charge on any atom is -0.493 e. The fraction of sp³-hybridized carbons (Fsp3) is 0.111. The van der Waals surface area contributed by atoms with Gasteiger partial charge >= 0.3 is 6.03 Å². The van der Waals surface area contributed by atoms with Gasteiger partial charge in [0.25, 0.3) is 5.91 Å². The zero-order valence-corrected chi connectivity index (χ0v) is 15.6. The fourth-order valence-electron chi connectivity index (χ4n) is 2.43. The summed E-state index contributed by atoms with van der Waals surface area (Å²) in [4.78, 5) is 25.9. The molecule has 0 saturated carbocycles. The first-order chi connectivity index (χ1) is 12.0. The Morgan fingerprint density at radius 2 is 1.92 bits per heavy atom. The first kappa shape index (κ1) is 17.5. The smallest absolute Gasteiger partial charge is 0.333 e. The van der Waals surface area contributed by atoms with Gasteiger partial charge in [0.05, 0.1) is 12.3 Å². The summed E-state index contributed by atoms with van der Waals surface area (Å²) >= 11 is 9.25. The van der Waals surface area contributed by atoms with E-state index in [1.54, 1.807) is 36.4 Å². The number of nitrogens with zero attached hydrogens (tertiary/aromatic N) is 1. The van der Waals surface area contributed by atoms with Crippen molar-refractivity contribution in [1.82, 2.24) is 5.32 Å². The lowest BCUT2D eigenvalue weighted by Gasteiger charge is -2.11. The summed E-state index contributed by atoms with van der Waals surface area (Å²) in [5.41, 5.74) is 1.33. The van der Waals surface area contributed by atoms with Crippen molar-refractivity contribution < 1.29 is 14.3 Å². The van der Waals surface area contributed by atoms with Crippen molar-refractivity contribution in [2.24, 2.45) is 0 Å². The molecule has 25 heavy (non-hydrogen) atoms. The van der Waals surface area contributed by atoms with Gasteiger partial charge in [-0.05, 0) is 55.5 Å². The Bertz CT molecular complexity index is 865. The van der Waals surface area contributed by atoms with Gasteiger partial charge in [-0.25, -0.2) is 9.69 Å². The number of ether oxygens (including phenoxy) is 1. The summed E-state index contributed by atoms with van der Waals surface area (Å²) in [5.74, 6) is 0.194. The van der Waals surface area contributed by atoms with E-state index in [9.17, 15) is 9.59 Å². The average Bonchev–Trinajstić information content (AvgIpc) is 2.85. The number of rotatable bonds is 4. The van der Waals surface area contributed by atoms with E-state index in [1.807, 2.05) is 19.1 Å². The lowest BCUT2D eigenvalue weighted by atomic mass is 10.1. The molecule has 1 heterocycles. The van der Waals surface area contributed by atoms with E-state index in [0.29, 0.717) is 28.6 Å². The van der Waals surface area contributed by atoms with Crippen molar-refractivity contribution in [2.45, 2.75) is 6.92 Å². The number of carbonyl (C=O) groups excluding carboxylic acids is 2. The van der Waals surface area contributed by atoms with Gasteiger partial charge in [-0.1, -0.05) is 27.5 Å². The summed E-state index contributed by atoms with van der Waals surface area (Å²) in [6.45, 7) is 2.37. The molecule has 1 aliphatic heterocycles. The first-order valence-electron chi connectivity index (χ1n) is 7.54. The second-order valence-electron chi connectivity index (χ2n) is 5.22. The number of hydrogen-bond acceptors (Lipinski definition) is 3. The molecule has 5 nitrogen and oxygen atoms in total. The highest BCUT2D eigenvalue weighted by atomic mass is 79.9. The van der Waals surface area contributed by atoms with Gasteiger partial charge in [0.15, 0.2) is 0 Å². The lowest BCUT2D eigenvalue weighted by Crippen LogP contribution is -2.30. The predicted octanol–water partition coefficient (Wildman–Crippen LogP) is 4.60. The van der Waals surface area contributed by atoms with Gasteiger partial charge < -0.3 is 10.1 Å². The van der Waals surface area contributed by atoms with Crippen LogP contribution in [-0.4, -0.2) is 18.5 Å². The molecule has 1 aliphatic rings. The van der Waals surface area contributed by atoms with Gasteiger partial charge in [0, 0.05) is 15.1 Å². The van der Waals surface area contributed by atoms with E-state index in [0.717, 1.165) is 9.37 Å². The Morgan fingerprint density at radius 3 is 2.60 bits per heavy atom. The molecular formula is C18H14BrClN2O3. The average molecular weight is 422 g/mol. The van der Waals surface area contributed by atoms with Crippen LogP contribution >= 0.6 is 27.5 Å². The number of anilines is 1. The molecule has 0 spiro atoms. The van der Waals surface area contributed by atoms with E-state index in [2.05, 4.69) is 21.2 Å². The first-order valence-corrected chi connectivity index (χ1v) is 8.71. The molecule has 0 unspecified atom stereocenters. The Kier molecular flexibility index (Phi) is 5.11. The number of nitrogens with one attached hydrogen (secondary N) is 1. The summed E-state index contributed by atoms with van der Waals surface area (Å²) in [7, 11) is 0. The van der Waals surface area contributed by atoms with E-state index < -0.39 is 11.9 Å². The van der Waals surface area contributed by atoms with Gasteiger partial charge in [0.1, 0.15) is 11.4 Å². The highest BCUT2D eigenvalue weighted by molar-refractivity contribution is 9.10. The van der Waals surface area contributed by atoms with Crippen molar-refractivity contribution in [3.05, 3.63) is 63.2 Å². The van der Waals surface area contributed by atoms with Crippen LogP contribution in [0.2, 0.25) is 5.02 Å². The number of hydrogen-bond donors (Lipinski definition) is 1. The molecule has 128 valence electrons. The second-order valence-corrected chi connectivity index (χ2v) is 6.57. The molecule has 0 aromatic heterocycles. The summed E-state index contributed by atoms with van der Waals surface area (Å²) in [6, 6.07) is 11.5. The van der Waals surface area contributed by atoms with Gasteiger partial charge in [-0.15, -0.1) is 0 Å². The van der Waals surface area contributed by atoms with Crippen LogP contribution in [0.3, 0.4) is 0 Å². The maximum Gasteiger partial charge on any atom is 0.333 e. The van der Waals surface area contributed by atoms with E-state index in [4.69, 9.17) is 16.3 Å². The molecule has 7 heteroatoms. The minimum absolute atomic E-state index is 0.180. The normalized spacial score (nSPS) is 15.6. The highest BCUT2D eigenvalue weighted by Gasteiger charge is 2.35. The van der Waals surface area contributed by atoms with Crippen LogP contribution in [-0.2, 0) is 4.79 Å². The Labute approximate surface area is 158 Å². The molecule has 2 aromatic rings. The molecule has 0 radical (unpaired) electrons. The van der Waals surface area contributed by atoms with Crippen LogP contribution in [0.15, 0.2) is 52.6 Å². The van der Waals surface area contributed by atoms with Gasteiger partial charge in [0.2, 0.25) is 0 Å². The van der Waals surface area contributed by atoms with Crippen LogP contribution in [0.4, 0.5) is 10.5 Å².